The molecule has 20 heavy (non-hydrogen) atoms. The fraction of sp³-hybridized carbons (Fsp3) is 0.333. The monoisotopic (exact) mass is 269 g/mol. The number of rotatable bonds is 7. The number of nitrogens with one attached hydrogen (secondary N) is 1. The summed E-state index contributed by atoms with van der Waals surface area (Å²) in [5, 5.41) is 3.16. The van der Waals surface area contributed by atoms with Gasteiger partial charge in [0.15, 0.2) is 0 Å². The van der Waals surface area contributed by atoms with Gasteiger partial charge in [-0.05, 0) is 43.6 Å². The van der Waals surface area contributed by atoms with Crippen molar-refractivity contribution < 1.29 is 4.74 Å². The van der Waals surface area contributed by atoms with Gasteiger partial charge in [0.25, 0.3) is 0 Å². The Morgan fingerprint density at radius 3 is 2.25 bits per heavy atom. The van der Waals surface area contributed by atoms with E-state index < -0.39 is 0 Å². The fourth-order valence-corrected chi connectivity index (χ4v) is 2.11. The van der Waals surface area contributed by atoms with Crippen molar-refractivity contribution in [1.82, 2.24) is 5.32 Å². The third-order valence-corrected chi connectivity index (χ3v) is 3.46. The van der Waals surface area contributed by atoms with Gasteiger partial charge in [-0.3, -0.25) is 0 Å². The molecule has 0 amide bonds. The van der Waals surface area contributed by atoms with Crippen molar-refractivity contribution in [3.8, 4) is 0 Å². The van der Waals surface area contributed by atoms with Crippen molar-refractivity contribution in [1.29, 1.82) is 0 Å². The molecule has 0 saturated heterocycles. The van der Waals surface area contributed by atoms with Gasteiger partial charge in [0.2, 0.25) is 0 Å². The fourth-order valence-electron chi connectivity index (χ4n) is 2.11. The highest BCUT2D eigenvalue weighted by molar-refractivity contribution is 5.22. The van der Waals surface area contributed by atoms with Crippen molar-refractivity contribution in [3.05, 3.63) is 71.3 Å². The van der Waals surface area contributed by atoms with Crippen LogP contribution in [-0.4, -0.2) is 13.6 Å². The van der Waals surface area contributed by atoms with Crippen molar-refractivity contribution in [2.24, 2.45) is 0 Å². The smallest absolute Gasteiger partial charge is 0.0801 e. The predicted molar refractivity (Wildman–Crippen MR) is 83.7 cm³/mol. The van der Waals surface area contributed by atoms with E-state index >= 15 is 0 Å². The summed E-state index contributed by atoms with van der Waals surface area (Å²) in [6.45, 7) is 3.76. The van der Waals surface area contributed by atoms with Gasteiger partial charge in [-0.1, -0.05) is 54.6 Å². The van der Waals surface area contributed by atoms with Gasteiger partial charge in [-0.25, -0.2) is 0 Å². The Balaban J connectivity index is 1.84. The molecule has 0 spiro atoms. The lowest BCUT2D eigenvalue weighted by atomic mass is 10.1. The minimum absolute atomic E-state index is 0.125. The summed E-state index contributed by atoms with van der Waals surface area (Å²) in [6, 6.07) is 19.0. The average Bonchev–Trinajstić information content (AvgIpc) is 2.52. The van der Waals surface area contributed by atoms with Crippen molar-refractivity contribution in [2.45, 2.75) is 26.1 Å². The van der Waals surface area contributed by atoms with Crippen LogP contribution in [0.4, 0.5) is 0 Å². The van der Waals surface area contributed by atoms with Crippen LogP contribution >= 0.6 is 0 Å². The standard InChI is InChI=1S/C18H23NO/c1-15(18-6-4-3-5-7-18)20-14-17-10-8-16(9-11-17)12-13-19-2/h3-11,15,19H,12-14H2,1-2H3. The normalized spacial score (nSPS) is 12.3. The van der Waals surface area contributed by atoms with Crippen LogP contribution in [0.1, 0.15) is 29.7 Å². The molecule has 0 aliphatic heterocycles. The Bertz CT molecular complexity index is 493. The molecule has 106 valence electrons. The molecule has 2 rings (SSSR count). The molecule has 1 unspecified atom stereocenters. The summed E-state index contributed by atoms with van der Waals surface area (Å²) in [5.74, 6) is 0. The second kappa shape index (κ2) is 7.83. The van der Waals surface area contributed by atoms with E-state index in [1.54, 1.807) is 0 Å². The van der Waals surface area contributed by atoms with E-state index in [0.29, 0.717) is 6.61 Å². The Hall–Kier alpha value is -1.64. The molecular formula is C18H23NO. The van der Waals surface area contributed by atoms with Gasteiger partial charge in [0.05, 0.1) is 12.7 Å². The SMILES string of the molecule is CNCCc1ccc(COC(C)c2ccccc2)cc1. The zero-order valence-electron chi connectivity index (χ0n) is 12.3. The van der Waals surface area contributed by atoms with E-state index in [-0.39, 0.29) is 6.10 Å². The number of hydrogen-bond acceptors (Lipinski definition) is 2. The van der Waals surface area contributed by atoms with Crippen LogP contribution in [0.25, 0.3) is 0 Å². The molecule has 0 heterocycles. The van der Waals surface area contributed by atoms with Gasteiger partial charge in [-0.2, -0.15) is 0 Å². The minimum atomic E-state index is 0.125. The Kier molecular flexibility index (Phi) is 5.78. The third-order valence-electron chi connectivity index (χ3n) is 3.46. The average molecular weight is 269 g/mol. The van der Waals surface area contributed by atoms with Crippen LogP contribution in [0, 0.1) is 0 Å². The highest BCUT2D eigenvalue weighted by atomic mass is 16.5. The van der Waals surface area contributed by atoms with Gasteiger partial charge >= 0.3 is 0 Å². The molecule has 2 heteroatoms. The summed E-state index contributed by atoms with van der Waals surface area (Å²) >= 11 is 0. The van der Waals surface area contributed by atoms with Crippen LogP contribution in [-0.2, 0) is 17.8 Å². The maximum atomic E-state index is 5.92. The summed E-state index contributed by atoms with van der Waals surface area (Å²) in [4.78, 5) is 0. The predicted octanol–water partition coefficient (Wildman–Crippen LogP) is 3.73. The molecular weight excluding hydrogens is 246 g/mol. The maximum Gasteiger partial charge on any atom is 0.0801 e. The maximum absolute atomic E-state index is 5.92. The number of hydrogen-bond donors (Lipinski definition) is 1. The summed E-state index contributed by atoms with van der Waals surface area (Å²) in [6.07, 6.45) is 1.19. The second-order valence-electron chi connectivity index (χ2n) is 5.03. The molecule has 2 aromatic rings. The number of benzene rings is 2. The van der Waals surface area contributed by atoms with Crippen LogP contribution in [0.15, 0.2) is 54.6 Å². The molecule has 0 bridgehead atoms. The largest absolute Gasteiger partial charge is 0.369 e. The summed E-state index contributed by atoms with van der Waals surface area (Å²) < 4.78 is 5.92. The van der Waals surface area contributed by atoms with Crippen molar-refractivity contribution >= 4 is 0 Å². The van der Waals surface area contributed by atoms with Gasteiger partial charge < -0.3 is 10.1 Å². The van der Waals surface area contributed by atoms with E-state index in [0.717, 1.165) is 13.0 Å². The summed E-state index contributed by atoms with van der Waals surface area (Å²) in [5.41, 5.74) is 3.80. The Morgan fingerprint density at radius 2 is 1.60 bits per heavy atom. The first kappa shape index (κ1) is 14.8. The molecule has 1 atom stereocenters. The highest BCUT2D eigenvalue weighted by Gasteiger charge is 2.05. The van der Waals surface area contributed by atoms with Crippen LogP contribution in [0.5, 0.6) is 0 Å². The molecule has 0 aromatic heterocycles. The molecule has 0 aliphatic rings. The Labute approximate surface area is 121 Å². The molecule has 0 radical (unpaired) electrons. The first-order chi connectivity index (χ1) is 9.79. The van der Waals surface area contributed by atoms with Crippen LogP contribution in [0.3, 0.4) is 0 Å². The molecule has 0 fully saturated rings. The number of likely N-dealkylation sites (N-methyl/N-ethyl adjacent to an activating group) is 1. The molecule has 0 aliphatic carbocycles. The van der Waals surface area contributed by atoms with E-state index in [9.17, 15) is 0 Å². The van der Waals surface area contributed by atoms with E-state index in [4.69, 9.17) is 4.74 Å². The molecule has 0 saturated carbocycles. The quantitative estimate of drug-likeness (QED) is 0.827. The molecule has 2 nitrogen and oxygen atoms in total. The topological polar surface area (TPSA) is 21.3 Å². The highest BCUT2D eigenvalue weighted by Crippen LogP contribution is 2.18. The van der Waals surface area contributed by atoms with E-state index in [1.807, 2.05) is 25.2 Å². The first-order valence-electron chi connectivity index (χ1n) is 7.18. The lowest BCUT2D eigenvalue weighted by Crippen LogP contribution is -2.10. The molecule has 2 aromatic carbocycles. The first-order valence-corrected chi connectivity index (χ1v) is 7.18. The van der Waals surface area contributed by atoms with Crippen molar-refractivity contribution in [2.75, 3.05) is 13.6 Å². The Morgan fingerprint density at radius 1 is 0.950 bits per heavy atom. The molecule has 1 N–H and O–H groups in total. The van der Waals surface area contributed by atoms with Crippen LogP contribution in [0.2, 0.25) is 0 Å². The minimum Gasteiger partial charge on any atom is -0.369 e. The van der Waals surface area contributed by atoms with Crippen molar-refractivity contribution in [3.63, 3.8) is 0 Å². The second-order valence-corrected chi connectivity index (χ2v) is 5.03. The lowest BCUT2D eigenvalue weighted by Gasteiger charge is -2.13. The third kappa shape index (κ3) is 4.48. The zero-order valence-corrected chi connectivity index (χ0v) is 12.3. The van der Waals surface area contributed by atoms with E-state index in [2.05, 4.69) is 48.6 Å². The summed E-state index contributed by atoms with van der Waals surface area (Å²) in [7, 11) is 1.98. The zero-order chi connectivity index (χ0) is 14.2. The van der Waals surface area contributed by atoms with Crippen LogP contribution < -0.4 is 5.32 Å². The van der Waals surface area contributed by atoms with Gasteiger partial charge in [0.1, 0.15) is 0 Å². The lowest BCUT2D eigenvalue weighted by molar-refractivity contribution is 0.0525. The van der Waals surface area contributed by atoms with Gasteiger partial charge in [0, 0.05) is 0 Å². The van der Waals surface area contributed by atoms with Gasteiger partial charge in [-0.15, -0.1) is 0 Å². The number of ether oxygens (including phenoxy) is 1. The van der Waals surface area contributed by atoms with E-state index in [1.165, 1.54) is 16.7 Å².